The Morgan fingerprint density at radius 3 is 2.54 bits per heavy atom. The lowest BCUT2D eigenvalue weighted by Crippen LogP contribution is -2.56. The van der Waals surface area contributed by atoms with Crippen molar-refractivity contribution in [2.45, 2.75) is 78.7 Å². The Morgan fingerprint density at radius 2 is 1.86 bits per heavy atom. The van der Waals surface area contributed by atoms with E-state index < -0.39 is 0 Å². The number of nitrogens with one attached hydrogen (secondary N) is 1. The van der Waals surface area contributed by atoms with Gasteiger partial charge in [0.25, 0.3) is 0 Å². The van der Waals surface area contributed by atoms with Gasteiger partial charge in [0.2, 0.25) is 0 Å². The molecule has 156 valence electrons. The van der Waals surface area contributed by atoms with Crippen LogP contribution in [0.4, 0.5) is 0 Å². The third kappa shape index (κ3) is 1.88. The number of ketones is 1. The molecule has 0 saturated heterocycles. The topological polar surface area (TPSA) is 49.3 Å². The Hall–Kier alpha value is -0.670. The fraction of sp³-hybridized carbons (Fsp3) is 0.880. The highest BCUT2D eigenvalue weighted by atomic mass is 16.3. The van der Waals surface area contributed by atoms with E-state index in [1.807, 2.05) is 0 Å². The number of carbonyl (C=O) groups excluding carboxylic acids is 1. The molecule has 3 nitrogen and oxygen atoms in total. The summed E-state index contributed by atoms with van der Waals surface area (Å²) in [5.74, 6) is 3.01. The first-order valence-electron chi connectivity index (χ1n) is 11.7. The first kappa shape index (κ1) is 19.3. The number of aliphatic hydroxyl groups excluding tert-OH is 1. The van der Waals surface area contributed by atoms with Gasteiger partial charge < -0.3 is 10.4 Å². The molecule has 0 aromatic heterocycles. The standard InChI is InChI=1S/C25H39NO2/c1-15-24-13-12-23(4)16(6-7-18(23)19(28)14-27)17(24)8-9-20-22(2,3)21(26-5)10-11-25(15,20)24/h7,15-17,20-21,26-27H,6,8-14H2,1-5H3. The van der Waals surface area contributed by atoms with Crippen LogP contribution in [0.15, 0.2) is 11.6 Å². The van der Waals surface area contributed by atoms with Gasteiger partial charge in [0, 0.05) is 6.04 Å². The second-order valence-electron chi connectivity index (χ2n) is 11.7. The third-order valence-corrected chi connectivity index (χ3v) is 11.4. The molecule has 5 aliphatic carbocycles. The fourth-order valence-corrected chi connectivity index (χ4v) is 10.3. The molecule has 0 aromatic carbocycles. The van der Waals surface area contributed by atoms with Crippen LogP contribution in [0.5, 0.6) is 0 Å². The molecule has 2 spiro atoms. The molecule has 0 aliphatic heterocycles. The van der Waals surface area contributed by atoms with E-state index >= 15 is 0 Å². The van der Waals surface area contributed by atoms with Crippen molar-refractivity contribution in [2.75, 3.05) is 13.7 Å². The van der Waals surface area contributed by atoms with Gasteiger partial charge in [-0.2, -0.15) is 0 Å². The van der Waals surface area contributed by atoms with Crippen molar-refractivity contribution in [1.82, 2.24) is 5.32 Å². The summed E-state index contributed by atoms with van der Waals surface area (Å²) in [4.78, 5) is 12.4. The van der Waals surface area contributed by atoms with Gasteiger partial charge in [-0.3, -0.25) is 4.79 Å². The van der Waals surface area contributed by atoms with Gasteiger partial charge in [0.15, 0.2) is 5.78 Å². The van der Waals surface area contributed by atoms with Gasteiger partial charge in [0.1, 0.15) is 6.61 Å². The van der Waals surface area contributed by atoms with Gasteiger partial charge in [-0.15, -0.1) is 0 Å². The van der Waals surface area contributed by atoms with E-state index in [2.05, 4.69) is 46.1 Å². The summed E-state index contributed by atoms with van der Waals surface area (Å²) < 4.78 is 0. The third-order valence-electron chi connectivity index (χ3n) is 11.4. The largest absolute Gasteiger partial charge is 0.388 e. The number of allylic oxidation sites excluding steroid dienone is 1. The summed E-state index contributed by atoms with van der Waals surface area (Å²) in [5.41, 5.74) is 2.38. The predicted molar refractivity (Wildman–Crippen MR) is 112 cm³/mol. The van der Waals surface area contributed by atoms with Crippen LogP contribution >= 0.6 is 0 Å². The van der Waals surface area contributed by atoms with E-state index in [0.29, 0.717) is 28.2 Å². The zero-order valence-corrected chi connectivity index (χ0v) is 18.5. The van der Waals surface area contributed by atoms with Crippen LogP contribution < -0.4 is 5.32 Å². The zero-order valence-electron chi connectivity index (χ0n) is 18.5. The molecule has 4 saturated carbocycles. The monoisotopic (exact) mass is 385 g/mol. The second-order valence-corrected chi connectivity index (χ2v) is 11.7. The summed E-state index contributed by atoms with van der Waals surface area (Å²) >= 11 is 0. The van der Waals surface area contributed by atoms with Gasteiger partial charge >= 0.3 is 0 Å². The maximum Gasteiger partial charge on any atom is 0.184 e. The highest BCUT2D eigenvalue weighted by Crippen LogP contribution is 2.89. The first-order chi connectivity index (χ1) is 13.2. The van der Waals surface area contributed by atoms with Crippen molar-refractivity contribution in [2.24, 2.45) is 45.3 Å². The molecule has 0 amide bonds. The van der Waals surface area contributed by atoms with Crippen molar-refractivity contribution >= 4 is 5.78 Å². The van der Waals surface area contributed by atoms with Crippen LogP contribution in [0.1, 0.15) is 72.6 Å². The average Bonchev–Trinajstić information content (AvgIpc) is 3.00. The summed E-state index contributed by atoms with van der Waals surface area (Å²) in [5, 5.41) is 13.1. The summed E-state index contributed by atoms with van der Waals surface area (Å²) in [6, 6.07) is 0.639. The summed E-state index contributed by atoms with van der Waals surface area (Å²) in [6.07, 6.45) is 11.1. The van der Waals surface area contributed by atoms with E-state index in [-0.39, 0.29) is 17.8 Å². The molecule has 2 N–H and O–H groups in total. The Bertz CT molecular complexity index is 741. The summed E-state index contributed by atoms with van der Waals surface area (Å²) in [6.45, 7) is 9.64. The molecule has 0 radical (unpaired) electrons. The van der Waals surface area contributed by atoms with E-state index in [0.717, 1.165) is 36.2 Å². The minimum atomic E-state index is -0.327. The highest BCUT2D eigenvalue weighted by Gasteiger charge is 2.84. The highest BCUT2D eigenvalue weighted by molar-refractivity contribution is 5.98. The number of rotatable bonds is 3. The molecule has 28 heavy (non-hydrogen) atoms. The van der Waals surface area contributed by atoms with Crippen molar-refractivity contribution in [3.05, 3.63) is 11.6 Å². The first-order valence-corrected chi connectivity index (χ1v) is 11.7. The SMILES string of the molecule is CNC1CCC23C(CCC4C5CC=C(C(=O)CO)C5(C)CCC42C3C)C1(C)C. The van der Waals surface area contributed by atoms with Crippen molar-refractivity contribution in [1.29, 1.82) is 0 Å². The van der Waals surface area contributed by atoms with Gasteiger partial charge in [0.05, 0.1) is 0 Å². The number of aliphatic hydroxyl groups is 1. The summed E-state index contributed by atoms with van der Waals surface area (Å²) in [7, 11) is 2.15. The minimum absolute atomic E-state index is 0.00373. The lowest BCUT2D eigenvalue weighted by Gasteiger charge is -2.59. The average molecular weight is 386 g/mol. The van der Waals surface area contributed by atoms with Crippen LogP contribution in [-0.2, 0) is 4.79 Å². The maximum atomic E-state index is 12.4. The molecule has 0 bridgehead atoms. The van der Waals surface area contributed by atoms with Crippen LogP contribution in [0.25, 0.3) is 0 Å². The molecular formula is C25H39NO2. The maximum absolute atomic E-state index is 12.4. The van der Waals surface area contributed by atoms with E-state index in [4.69, 9.17) is 0 Å². The molecule has 0 heterocycles. The minimum Gasteiger partial charge on any atom is -0.388 e. The smallest absolute Gasteiger partial charge is 0.184 e. The molecule has 5 rings (SSSR count). The molecule has 4 fully saturated rings. The predicted octanol–water partition coefficient (Wildman–Crippen LogP) is 4.35. The van der Waals surface area contributed by atoms with E-state index in [1.165, 1.54) is 32.1 Å². The number of hydrogen-bond acceptors (Lipinski definition) is 3. The number of carbonyl (C=O) groups is 1. The van der Waals surface area contributed by atoms with Gasteiger partial charge in [-0.1, -0.05) is 33.8 Å². The molecule has 8 atom stereocenters. The quantitative estimate of drug-likeness (QED) is 0.759. The normalized spacial score (nSPS) is 53.4. The van der Waals surface area contributed by atoms with Crippen molar-refractivity contribution in [3.63, 3.8) is 0 Å². The molecule has 5 aliphatic rings. The van der Waals surface area contributed by atoms with E-state index in [1.54, 1.807) is 0 Å². The Kier molecular flexibility index (Phi) is 3.95. The molecule has 3 heteroatoms. The van der Waals surface area contributed by atoms with Gasteiger partial charge in [-0.25, -0.2) is 0 Å². The van der Waals surface area contributed by atoms with E-state index in [9.17, 15) is 9.90 Å². The Labute approximate surface area is 170 Å². The molecule has 0 aromatic rings. The van der Waals surface area contributed by atoms with Crippen molar-refractivity contribution < 1.29 is 9.90 Å². The van der Waals surface area contributed by atoms with Crippen LogP contribution in [0.3, 0.4) is 0 Å². The Morgan fingerprint density at radius 1 is 1.11 bits per heavy atom. The number of Topliss-reactive ketones (excluding diaryl/α,β-unsaturated/α-hetero) is 1. The van der Waals surface area contributed by atoms with Crippen LogP contribution in [-0.4, -0.2) is 30.6 Å². The lowest BCUT2D eigenvalue weighted by molar-refractivity contribution is -0.121. The fourth-order valence-electron chi connectivity index (χ4n) is 10.3. The zero-order chi connectivity index (χ0) is 20.1. The lowest BCUT2D eigenvalue weighted by atomic mass is 9.46. The van der Waals surface area contributed by atoms with Crippen molar-refractivity contribution in [3.8, 4) is 0 Å². The number of fused-ring (bicyclic) bond motifs is 2. The second kappa shape index (κ2) is 5.72. The van der Waals surface area contributed by atoms with Crippen LogP contribution in [0.2, 0.25) is 0 Å². The molecule has 8 unspecified atom stereocenters. The van der Waals surface area contributed by atoms with Gasteiger partial charge in [-0.05, 0) is 103 Å². The molecular weight excluding hydrogens is 346 g/mol. The Balaban J connectivity index is 1.51. The number of hydrogen-bond donors (Lipinski definition) is 2. The van der Waals surface area contributed by atoms with Crippen LogP contribution in [0, 0.1) is 45.3 Å².